The molecular weight excluding hydrogens is 518 g/mol. The first-order chi connectivity index (χ1) is 18.9. The zero-order valence-corrected chi connectivity index (χ0v) is 23.0. The third-order valence-electron chi connectivity index (χ3n) is 5.88. The highest BCUT2D eigenvalue weighted by Crippen LogP contribution is 2.26. The highest BCUT2D eigenvalue weighted by molar-refractivity contribution is 5.96. The van der Waals surface area contributed by atoms with E-state index in [1.807, 2.05) is 0 Å². The van der Waals surface area contributed by atoms with Gasteiger partial charge >= 0.3 is 5.97 Å². The van der Waals surface area contributed by atoms with Crippen molar-refractivity contribution < 1.29 is 23.1 Å². The van der Waals surface area contributed by atoms with Crippen LogP contribution in [0.3, 0.4) is 0 Å². The van der Waals surface area contributed by atoms with Crippen molar-refractivity contribution in [3.8, 4) is 0 Å². The van der Waals surface area contributed by atoms with Crippen molar-refractivity contribution in [1.82, 2.24) is 9.88 Å². The molecule has 0 fully saturated rings. The first kappa shape index (κ1) is 30.2. The average molecular weight is 553 g/mol. The van der Waals surface area contributed by atoms with Crippen LogP contribution in [0.1, 0.15) is 68.1 Å². The molecule has 0 saturated heterocycles. The maximum Gasteiger partial charge on any atom is 0.329 e. The molecule has 3 aromatic rings. The quantitative estimate of drug-likeness (QED) is 0.168. The number of nitrogens with one attached hydrogen (secondary N) is 1. The van der Waals surface area contributed by atoms with Crippen LogP contribution in [0, 0.1) is 11.6 Å². The van der Waals surface area contributed by atoms with Crippen molar-refractivity contribution in [2.24, 2.45) is 10.7 Å². The van der Waals surface area contributed by atoms with Gasteiger partial charge in [0.1, 0.15) is 28.8 Å². The number of aliphatic imine (C=N–C) groups is 1. The van der Waals surface area contributed by atoms with E-state index >= 15 is 0 Å². The fourth-order valence-electron chi connectivity index (χ4n) is 4.10. The SMILES string of the molecule is CC(N)=NCCC[C@H](NC(=O)c1cccn(C(c2ccc(F)cc2)c2ccc(F)cc2)c1=O)C(=O)OC(C)(C)C. The summed E-state index contributed by atoms with van der Waals surface area (Å²) in [6.07, 6.45) is 2.15. The van der Waals surface area contributed by atoms with E-state index in [4.69, 9.17) is 10.5 Å². The Hall–Kier alpha value is -4.34. The molecule has 0 unspecified atom stereocenters. The summed E-state index contributed by atoms with van der Waals surface area (Å²) in [5.74, 6) is -1.91. The molecule has 1 atom stereocenters. The molecule has 0 aliphatic heterocycles. The minimum atomic E-state index is -1.03. The lowest BCUT2D eigenvalue weighted by Gasteiger charge is -2.25. The van der Waals surface area contributed by atoms with Gasteiger partial charge in [-0.15, -0.1) is 0 Å². The van der Waals surface area contributed by atoms with Gasteiger partial charge in [0.05, 0.1) is 11.9 Å². The topological polar surface area (TPSA) is 116 Å². The van der Waals surface area contributed by atoms with Crippen molar-refractivity contribution in [3.63, 3.8) is 0 Å². The summed E-state index contributed by atoms with van der Waals surface area (Å²) in [5.41, 5.74) is 5.04. The van der Waals surface area contributed by atoms with Gasteiger partial charge in [-0.2, -0.15) is 0 Å². The summed E-state index contributed by atoms with van der Waals surface area (Å²) in [6, 6.07) is 12.2. The van der Waals surface area contributed by atoms with Crippen molar-refractivity contribution in [1.29, 1.82) is 0 Å². The minimum absolute atomic E-state index is 0.207. The van der Waals surface area contributed by atoms with E-state index < -0.39 is 46.8 Å². The number of rotatable bonds is 10. The number of benzene rings is 2. The molecule has 0 bridgehead atoms. The Balaban J connectivity index is 1.97. The zero-order valence-electron chi connectivity index (χ0n) is 23.0. The molecule has 2 aromatic carbocycles. The smallest absolute Gasteiger partial charge is 0.329 e. The fourth-order valence-corrected chi connectivity index (χ4v) is 4.10. The Morgan fingerprint density at radius 1 is 1.00 bits per heavy atom. The van der Waals surface area contributed by atoms with Gasteiger partial charge in [0, 0.05) is 12.7 Å². The lowest BCUT2D eigenvalue weighted by atomic mass is 9.98. The van der Waals surface area contributed by atoms with Crippen LogP contribution in [-0.2, 0) is 9.53 Å². The molecule has 40 heavy (non-hydrogen) atoms. The molecule has 0 aliphatic rings. The zero-order chi connectivity index (χ0) is 29.4. The standard InChI is InChI=1S/C30H34F2N4O4/c1-19(33)34-17-5-8-25(29(39)40-30(2,3)4)35-27(37)24-7-6-18-36(28(24)38)26(20-9-13-22(31)14-10-20)21-11-15-23(32)16-12-21/h6-7,9-16,18,25-26H,5,8,17H2,1-4H3,(H2,33,34)(H,35,37)/t25-/m0/s1. The number of amides is 1. The molecule has 3 N–H and O–H groups in total. The highest BCUT2D eigenvalue weighted by atomic mass is 19.1. The molecule has 1 amide bonds. The first-order valence-electron chi connectivity index (χ1n) is 12.9. The van der Waals surface area contributed by atoms with E-state index in [2.05, 4.69) is 10.3 Å². The Bertz CT molecular complexity index is 1360. The van der Waals surface area contributed by atoms with E-state index in [0.29, 0.717) is 29.9 Å². The molecule has 8 nitrogen and oxygen atoms in total. The molecule has 0 radical (unpaired) electrons. The summed E-state index contributed by atoms with van der Waals surface area (Å²) < 4.78 is 34.1. The average Bonchev–Trinajstić information content (AvgIpc) is 2.87. The lowest BCUT2D eigenvalue weighted by Crippen LogP contribution is -2.46. The summed E-state index contributed by atoms with van der Waals surface area (Å²) in [5, 5.41) is 2.64. The first-order valence-corrected chi connectivity index (χ1v) is 12.9. The molecule has 212 valence electrons. The van der Waals surface area contributed by atoms with Crippen LogP contribution in [0.4, 0.5) is 8.78 Å². The van der Waals surface area contributed by atoms with Crippen LogP contribution in [0.5, 0.6) is 0 Å². The molecule has 1 heterocycles. The van der Waals surface area contributed by atoms with Crippen LogP contribution < -0.4 is 16.6 Å². The Morgan fingerprint density at radius 3 is 2.05 bits per heavy atom. The van der Waals surface area contributed by atoms with Gasteiger partial charge in [-0.25, -0.2) is 13.6 Å². The van der Waals surface area contributed by atoms with E-state index in [0.717, 1.165) is 0 Å². The largest absolute Gasteiger partial charge is 0.458 e. The van der Waals surface area contributed by atoms with Crippen LogP contribution in [-0.4, -0.2) is 40.5 Å². The van der Waals surface area contributed by atoms with Crippen LogP contribution in [0.25, 0.3) is 0 Å². The molecule has 0 saturated carbocycles. The number of halogens is 2. The van der Waals surface area contributed by atoms with Gasteiger partial charge in [-0.3, -0.25) is 14.6 Å². The number of carbonyl (C=O) groups is 2. The van der Waals surface area contributed by atoms with Gasteiger partial charge in [0.15, 0.2) is 0 Å². The molecule has 1 aromatic heterocycles. The predicted octanol–water partition coefficient (Wildman–Crippen LogP) is 4.36. The number of esters is 1. The van der Waals surface area contributed by atoms with Crippen molar-refractivity contribution in [2.75, 3.05) is 6.54 Å². The summed E-state index contributed by atoms with van der Waals surface area (Å²) in [6.45, 7) is 7.15. The number of aromatic nitrogens is 1. The summed E-state index contributed by atoms with van der Waals surface area (Å²) in [7, 11) is 0. The summed E-state index contributed by atoms with van der Waals surface area (Å²) >= 11 is 0. The number of hydrogen-bond donors (Lipinski definition) is 2. The van der Waals surface area contributed by atoms with Gasteiger partial charge in [0.2, 0.25) is 0 Å². The van der Waals surface area contributed by atoms with Crippen LogP contribution in [0.2, 0.25) is 0 Å². The van der Waals surface area contributed by atoms with E-state index in [9.17, 15) is 23.2 Å². The Labute approximate surface area is 231 Å². The van der Waals surface area contributed by atoms with Crippen LogP contribution in [0.15, 0.2) is 76.6 Å². The molecule has 3 rings (SSSR count). The monoisotopic (exact) mass is 552 g/mol. The lowest BCUT2D eigenvalue weighted by molar-refractivity contribution is -0.157. The van der Waals surface area contributed by atoms with Crippen LogP contribution >= 0.6 is 0 Å². The predicted molar refractivity (Wildman–Crippen MR) is 149 cm³/mol. The van der Waals surface area contributed by atoms with Crippen molar-refractivity contribution >= 4 is 17.7 Å². The summed E-state index contributed by atoms with van der Waals surface area (Å²) in [4.78, 5) is 44.0. The number of carbonyl (C=O) groups excluding carboxylic acids is 2. The molecular formula is C30H34F2N4O4. The highest BCUT2D eigenvalue weighted by Gasteiger charge is 2.28. The number of ether oxygens (including phenoxy) is 1. The third-order valence-corrected chi connectivity index (χ3v) is 5.88. The maximum atomic E-state index is 13.7. The second kappa shape index (κ2) is 13.1. The van der Waals surface area contributed by atoms with E-state index in [1.165, 1.54) is 71.4 Å². The maximum absolute atomic E-state index is 13.7. The Kier molecular flexibility index (Phi) is 9.93. The normalized spacial score (nSPS) is 12.7. The second-order valence-corrected chi connectivity index (χ2v) is 10.4. The minimum Gasteiger partial charge on any atom is -0.458 e. The van der Waals surface area contributed by atoms with Gasteiger partial charge in [-0.05, 0) is 88.1 Å². The van der Waals surface area contributed by atoms with Gasteiger partial charge < -0.3 is 20.4 Å². The number of nitrogens with two attached hydrogens (primary N) is 1. The van der Waals surface area contributed by atoms with E-state index in [-0.39, 0.29) is 12.0 Å². The second-order valence-electron chi connectivity index (χ2n) is 10.4. The molecule has 0 aliphatic carbocycles. The fraction of sp³-hybridized carbons (Fsp3) is 0.333. The molecule has 0 spiro atoms. The van der Waals surface area contributed by atoms with E-state index in [1.54, 1.807) is 27.7 Å². The van der Waals surface area contributed by atoms with Crippen molar-refractivity contribution in [3.05, 3.63) is 106 Å². The molecule has 10 heteroatoms. The number of pyridine rings is 1. The van der Waals surface area contributed by atoms with Gasteiger partial charge in [0.25, 0.3) is 11.5 Å². The van der Waals surface area contributed by atoms with Gasteiger partial charge in [-0.1, -0.05) is 24.3 Å². The Morgan fingerprint density at radius 2 is 1.55 bits per heavy atom. The number of hydrogen-bond acceptors (Lipinski definition) is 5. The number of nitrogens with zero attached hydrogens (tertiary/aromatic N) is 2. The van der Waals surface area contributed by atoms with Crippen molar-refractivity contribution in [2.45, 2.75) is 58.2 Å². The number of amidine groups is 1. The third kappa shape index (κ3) is 8.33.